The second-order valence-electron chi connectivity index (χ2n) is 3.94. The van der Waals surface area contributed by atoms with Gasteiger partial charge in [-0.1, -0.05) is 28.1 Å². The van der Waals surface area contributed by atoms with Gasteiger partial charge in [0, 0.05) is 10.0 Å². The van der Waals surface area contributed by atoms with Crippen LogP contribution in [0.25, 0.3) is 0 Å². The number of ketones is 2. The van der Waals surface area contributed by atoms with Crippen LogP contribution >= 0.6 is 15.9 Å². The summed E-state index contributed by atoms with van der Waals surface area (Å²) in [4.78, 5) is 24.1. The van der Waals surface area contributed by atoms with Crippen LogP contribution in [0.15, 0.2) is 51.6 Å². The van der Waals surface area contributed by atoms with Gasteiger partial charge in [0.1, 0.15) is 0 Å². The van der Waals surface area contributed by atoms with E-state index in [1.807, 2.05) is 6.07 Å². The minimum atomic E-state index is -0.745. The van der Waals surface area contributed by atoms with Crippen molar-refractivity contribution in [2.24, 2.45) is 5.92 Å². The van der Waals surface area contributed by atoms with Crippen molar-refractivity contribution in [3.05, 3.63) is 58.5 Å². The fraction of sp³-hybridized carbons (Fsp3) is 0.143. The van der Waals surface area contributed by atoms with Crippen LogP contribution in [0.1, 0.15) is 27.8 Å². The van der Waals surface area contributed by atoms with Gasteiger partial charge in [0.05, 0.1) is 12.2 Å². The molecule has 3 nitrogen and oxygen atoms in total. The topological polar surface area (TPSA) is 47.3 Å². The number of carbonyl (C=O) groups excluding carboxylic acids is 2. The van der Waals surface area contributed by atoms with Crippen LogP contribution in [0.3, 0.4) is 0 Å². The maximum Gasteiger partial charge on any atom is 0.208 e. The van der Waals surface area contributed by atoms with Crippen molar-refractivity contribution < 1.29 is 14.0 Å². The van der Waals surface area contributed by atoms with Gasteiger partial charge >= 0.3 is 0 Å². The SMILES string of the molecule is CC(C(=O)c1cccc(Br)c1)C(=O)c1ccco1. The fourth-order valence-electron chi connectivity index (χ4n) is 1.64. The number of hydrogen-bond acceptors (Lipinski definition) is 3. The smallest absolute Gasteiger partial charge is 0.208 e. The number of carbonyl (C=O) groups is 2. The first kappa shape index (κ1) is 12.8. The molecule has 92 valence electrons. The number of benzene rings is 1. The summed E-state index contributed by atoms with van der Waals surface area (Å²) in [5, 5.41) is 0. The van der Waals surface area contributed by atoms with Crippen molar-refractivity contribution in [2.45, 2.75) is 6.92 Å². The van der Waals surface area contributed by atoms with Gasteiger partial charge in [-0.05, 0) is 31.2 Å². The lowest BCUT2D eigenvalue weighted by atomic mass is 9.94. The highest BCUT2D eigenvalue weighted by molar-refractivity contribution is 9.10. The van der Waals surface area contributed by atoms with Crippen molar-refractivity contribution in [1.29, 1.82) is 0 Å². The Morgan fingerprint density at radius 1 is 1.17 bits per heavy atom. The highest BCUT2D eigenvalue weighted by atomic mass is 79.9. The van der Waals surface area contributed by atoms with E-state index < -0.39 is 5.92 Å². The molecule has 2 rings (SSSR count). The van der Waals surface area contributed by atoms with Gasteiger partial charge in [-0.3, -0.25) is 9.59 Å². The third kappa shape index (κ3) is 2.59. The van der Waals surface area contributed by atoms with E-state index in [-0.39, 0.29) is 17.3 Å². The Morgan fingerprint density at radius 3 is 2.56 bits per heavy atom. The van der Waals surface area contributed by atoms with Crippen LogP contribution in [0.2, 0.25) is 0 Å². The zero-order valence-electron chi connectivity index (χ0n) is 9.72. The normalized spacial score (nSPS) is 12.1. The van der Waals surface area contributed by atoms with Crippen molar-refractivity contribution in [2.75, 3.05) is 0 Å². The van der Waals surface area contributed by atoms with Gasteiger partial charge in [-0.2, -0.15) is 0 Å². The first-order valence-corrected chi connectivity index (χ1v) is 6.26. The molecule has 0 aliphatic heterocycles. The lowest BCUT2D eigenvalue weighted by molar-refractivity contribution is 0.0803. The van der Waals surface area contributed by atoms with E-state index in [0.29, 0.717) is 5.56 Å². The molecule has 0 fully saturated rings. The molecule has 0 aliphatic carbocycles. The Kier molecular flexibility index (Phi) is 3.77. The van der Waals surface area contributed by atoms with E-state index in [9.17, 15) is 9.59 Å². The first-order valence-electron chi connectivity index (χ1n) is 5.47. The summed E-state index contributed by atoms with van der Waals surface area (Å²) in [6.07, 6.45) is 1.42. The van der Waals surface area contributed by atoms with Crippen LogP contribution in [0.4, 0.5) is 0 Å². The summed E-state index contributed by atoms with van der Waals surface area (Å²) in [6, 6.07) is 10.2. The molecule has 0 aliphatic rings. The Balaban J connectivity index is 2.22. The maximum atomic E-state index is 12.2. The van der Waals surface area contributed by atoms with E-state index >= 15 is 0 Å². The fourth-order valence-corrected chi connectivity index (χ4v) is 2.04. The Morgan fingerprint density at radius 2 is 1.94 bits per heavy atom. The largest absolute Gasteiger partial charge is 0.461 e. The Labute approximate surface area is 113 Å². The molecule has 0 saturated carbocycles. The summed E-state index contributed by atoms with van der Waals surface area (Å²) in [5.41, 5.74) is 0.511. The monoisotopic (exact) mass is 306 g/mol. The van der Waals surface area contributed by atoms with E-state index in [1.54, 1.807) is 37.3 Å². The summed E-state index contributed by atoms with van der Waals surface area (Å²) in [6.45, 7) is 1.59. The van der Waals surface area contributed by atoms with E-state index in [4.69, 9.17) is 4.42 Å². The lowest BCUT2D eigenvalue weighted by Crippen LogP contribution is -2.21. The summed E-state index contributed by atoms with van der Waals surface area (Å²) < 4.78 is 5.83. The van der Waals surface area contributed by atoms with Crippen LogP contribution in [-0.2, 0) is 0 Å². The standard InChI is InChI=1S/C14H11BrO3/c1-9(14(17)12-6-3-7-18-12)13(16)10-4-2-5-11(15)8-10/h2-9H,1H3. The minimum Gasteiger partial charge on any atom is -0.461 e. The van der Waals surface area contributed by atoms with Gasteiger partial charge in [0.2, 0.25) is 5.78 Å². The molecule has 1 unspecified atom stereocenters. The quantitative estimate of drug-likeness (QED) is 0.638. The second-order valence-corrected chi connectivity index (χ2v) is 4.85. The summed E-state index contributed by atoms with van der Waals surface area (Å²) >= 11 is 3.30. The Bertz CT molecular complexity index is 572. The third-order valence-electron chi connectivity index (χ3n) is 2.66. The number of Topliss-reactive ketones (excluding diaryl/α,β-unsaturated/α-hetero) is 2. The molecule has 2 aromatic rings. The first-order chi connectivity index (χ1) is 8.59. The number of halogens is 1. The van der Waals surface area contributed by atoms with Crippen molar-refractivity contribution in [1.82, 2.24) is 0 Å². The predicted octanol–water partition coefficient (Wildman–Crippen LogP) is 3.74. The number of rotatable bonds is 4. The molecule has 1 aromatic heterocycles. The van der Waals surface area contributed by atoms with Gasteiger partial charge in [-0.25, -0.2) is 0 Å². The van der Waals surface area contributed by atoms with E-state index in [1.165, 1.54) is 6.26 Å². The minimum absolute atomic E-state index is 0.210. The van der Waals surface area contributed by atoms with Crippen LogP contribution < -0.4 is 0 Å². The molecule has 0 N–H and O–H groups in total. The zero-order chi connectivity index (χ0) is 13.1. The van der Waals surface area contributed by atoms with Gasteiger partial charge in [0.15, 0.2) is 11.5 Å². The zero-order valence-corrected chi connectivity index (χ0v) is 11.3. The molecule has 0 radical (unpaired) electrons. The van der Waals surface area contributed by atoms with Gasteiger partial charge < -0.3 is 4.42 Å². The number of hydrogen-bond donors (Lipinski definition) is 0. The van der Waals surface area contributed by atoms with Crippen molar-refractivity contribution >= 4 is 27.5 Å². The van der Waals surface area contributed by atoms with E-state index in [0.717, 1.165) is 4.47 Å². The second kappa shape index (κ2) is 5.31. The van der Waals surface area contributed by atoms with Crippen molar-refractivity contribution in [3.8, 4) is 0 Å². The molecular weight excluding hydrogens is 296 g/mol. The average molecular weight is 307 g/mol. The summed E-state index contributed by atoms with van der Waals surface area (Å²) in [5.74, 6) is -1.04. The van der Waals surface area contributed by atoms with Crippen LogP contribution in [0, 0.1) is 5.92 Å². The van der Waals surface area contributed by atoms with E-state index in [2.05, 4.69) is 15.9 Å². The molecular formula is C14H11BrO3. The third-order valence-corrected chi connectivity index (χ3v) is 3.15. The highest BCUT2D eigenvalue weighted by Crippen LogP contribution is 2.18. The molecule has 18 heavy (non-hydrogen) atoms. The molecule has 0 saturated heterocycles. The van der Waals surface area contributed by atoms with Gasteiger partial charge in [-0.15, -0.1) is 0 Å². The molecule has 0 amide bonds. The molecule has 1 aromatic carbocycles. The average Bonchev–Trinajstić information content (AvgIpc) is 2.90. The lowest BCUT2D eigenvalue weighted by Gasteiger charge is -2.08. The summed E-state index contributed by atoms with van der Waals surface area (Å²) in [7, 11) is 0. The highest BCUT2D eigenvalue weighted by Gasteiger charge is 2.25. The molecule has 0 spiro atoms. The van der Waals surface area contributed by atoms with Crippen molar-refractivity contribution in [3.63, 3.8) is 0 Å². The Hall–Kier alpha value is -1.68. The van der Waals surface area contributed by atoms with Gasteiger partial charge in [0.25, 0.3) is 0 Å². The maximum absolute atomic E-state index is 12.2. The van der Waals surface area contributed by atoms with Crippen LogP contribution in [-0.4, -0.2) is 11.6 Å². The van der Waals surface area contributed by atoms with Crippen LogP contribution in [0.5, 0.6) is 0 Å². The molecule has 1 atom stereocenters. The molecule has 0 bridgehead atoms. The predicted molar refractivity (Wildman–Crippen MR) is 70.7 cm³/mol. The number of furan rings is 1. The molecule has 4 heteroatoms. The molecule has 1 heterocycles.